The number of aromatic nitrogens is 1. The summed E-state index contributed by atoms with van der Waals surface area (Å²) in [6, 6.07) is 6.01. The highest BCUT2D eigenvalue weighted by Gasteiger charge is 2.24. The van der Waals surface area contributed by atoms with Crippen LogP contribution in [0.15, 0.2) is 24.4 Å². The van der Waals surface area contributed by atoms with Gasteiger partial charge in [-0.25, -0.2) is 0 Å². The highest BCUT2D eigenvalue weighted by atomic mass is 16.5. The molecule has 0 aliphatic rings. The maximum Gasteiger partial charge on any atom is 0.220 e. The Hall–Kier alpha value is -1.97. The number of unbranched alkanes of at least 4 members (excludes halogenated alkanes) is 1. The smallest absolute Gasteiger partial charge is 0.220 e. The van der Waals surface area contributed by atoms with Crippen LogP contribution in [0.5, 0.6) is 5.75 Å². The van der Waals surface area contributed by atoms with Crippen LogP contribution in [0.25, 0.3) is 10.9 Å². The molecular formula is C18H26N2O2. The van der Waals surface area contributed by atoms with E-state index in [0.717, 1.165) is 29.5 Å². The predicted octanol–water partition coefficient (Wildman–Crippen LogP) is 3.76. The van der Waals surface area contributed by atoms with Gasteiger partial charge in [0.15, 0.2) is 0 Å². The molecule has 0 spiro atoms. The zero-order valence-corrected chi connectivity index (χ0v) is 14.0. The van der Waals surface area contributed by atoms with Crippen LogP contribution in [0.1, 0.15) is 45.6 Å². The molecule has 4 heteroatoms. The highest BCUT2D eigenvalue weighted by molar-refractivity contribution is 5.86. The summed E-state index contributed by atoms with van der Waals surface area (Å²) in [5, 5.41) is 4.20. The number of aromatic amines is 1. The van der Waals surface area contributed by atoms with Crippen LogP contribution in [0.3, 0.4) is 0 Å². The van der Waals surface area contributed by atoms with Gasteiger partial charge in [0, 0.05) is 35.5 Å². The summed E-state index contributed by atoms with van der Waals surface area (Å²) in [7, 11) is 1.67. The van der Waals surface area contributed by atoms with Gasteiger partial charge in [-0.3, -0.25) is 4.79 Å². The lowest BCUT2D eigenvalue weighted by molar-refractivity contribution is -0.121. The first-order chi connectivity index (χ1) is 10.5. The van der Waals surface area contributed by atoms with Crippen molar-refractivity contribution < 1.29 is 9.53 Å². The van der Waals surface area contributed by atoms with E-state index in [1.54, 1.807) is 7.11 Å². The molecule has 2 aromatic rings. The van der Waals surface area contributed by atoms with Crippen molar-refractivity contribution >= 4 is 16.8 Å². The Balaban J connectivity index is 2.16. The van der Waals surface area contributed by atoms with Crippen LogP contribution in [-0.4, -0.2) is 24.5 Å². The van der Waals surface area contributed by atoms with Crippen LogP contribution < -0.4 is 10.1 Å². The molecule has 2 N–H and O–H groups in total. The number of hydrogen-bond acceptors (Lipinski definition) is 2. The summed E-state index contributed by atoms with van der Waals surface area (Å²) in [5.74, 6) is 0.975. The monoisotopic (exact) mass is 302 g/mol. The lowest BCUT2D eigenvalue weighted by atomic mass is 9.84. The summed E-state index contributed by atoms with van der Waals surface area (Å²) in [4.78, 5) is 15.1. The molecule has 22 heavy (non-hydrogen) atoms. The van der Waals surface area contributed by atoms with Crippen molar-refractivity contribution in [3.63, 3.8) is 0 Å². The third-order valence-corrected chi connectivity index (χ3v) is 4.10. The number of amides is 1. The number of H-pyrrole nitrogens is 1. The third kappa shape index (κ3) is 3.62. The van der Waals surface area contributed by atoms with Gasteiger partial charge in [-0.05, 0) is 30.2 Å². The molecule has 2 rings (SSSR count). The summed E-state index contributed by atoms with van der Waals surface area (Å²) in [5.41, 5.74) is 2.13. The second-order valence-electron chi connectivity index (χ2n) is 6.38. The first-order valence-electron chi connectivity index (χ1n) is 7.90. The maximum absolute atomic E-state index is 11.8. The minimum Gasteiger partial charge on any atom is -0.497 e. The average Bonchev–Trinajstić information content (AvgIpc) is 2.94. The zero-order chi connectivity index (χ0) is 16.2. The minimum absolute atomic E-state index is 0.132. The van der Waals surface area contributed by atoms with Crippen molar-refractivity contribution in [2.24, 2.45) is 0 Å². The van der Waals surface area contributed by atoms with Gasteiger partial charge in [-0.1, -0.05) is 27.2 Å². The van der Waals surface area contributed by atoms with Crippen LogP contribution in [0, 0.1) is 0 Å². The van der Waals surface area contributed by atoms with E-state index in [2.05, 4.69) is 31.1 Å². The molecule has 4 nitrogen and oxygen atoms in total. The molecule has 0 radical (unpaired) electrons. The van der Waals surface area contributed by atoms with E-state index in [0.29, 0.717) is 13.0 Å². The SMILES string of the molecule is CCCCC(=O)NCC(C)(C)c1c[nH]c2ccc(OC)cc12. The number of methoxy groups -OCH3 is 1. The zero-order valence-electron chi connectivity index (χ0n) is 14.0. The molecule has 0 unspecified atom stereocenters. The molecule has 0 fully saturated rings. The van der Waals surface area contributed by atoms with E-state index in [1.165, 1.54) is 5.56 Å². The van der Waals surface area contributed by atoms with Crippen LogP contribution in [0.4, 0.5) is 0 Å². The fourth-order valence-electron chi connectivity index (χ4n) is 2.63. The number of rotatable bonds is 7. The van der Waals surface area contributed by atoms with Gasteiger partial charge < -0.3 is 15.0 Å². The fourth-order valence-corrected chi connectivity index (χ4v) is 2.63. The highest BCUT2D eigenvalue weighted by Crippen LogP contribution is 2.32. The van der Waals surface area contributed by atoms with Crippen molar-refractivity contribution in [1.29, 1.82) is 0 Å². The predicted molar refractivity (Wildman–Crippen MR) is 90.4 cm³/mol. The summed E-state index contributed by atoms with van der Waals surface area (Å²) in [6.07, 6.45) is 4.62. The Kier molecular flexibility index (Phi) is 5.11. The van der Waals surface area contributed by atoms with Gasteiger partial charge in [0.2, 0.25) is 5.91 Å². The fraction of sp³-hybridized carbons (Fsp3) is 0.500. The molecule has 0 bridgehead atoms. The Morgan fingerprint density at radius 1 is 1.36 bits per heavy atom. The van der Waals surface area contributed by atoms with E-state index in [-0.39, 0.29) is 11.3 Å². The van der Waals surface area contributed by atoms with Gasteiger partial charge in [-0.2, -0.15) is 0 Å². The van der Waals surface area contributed by atoms with Crippen molar-refractivity contribution in [3.8, 4) is 5.75 Å². The molecule has 0 saturated carbocycles. The van der Waals surface area contributed by atoms with E-state index in [4.69, 9.17) is 4.74 Å². The van der Waals surface area contributed by atoms with Crippen molar-refractivity contribution in [2.75, 3.05) is 13.7 Å². The van der Waals surface area contributed by atoms with Gasteiger partial charge in [0.05, 0.1) is 7.11 Å². The molecule has 1 aromatic heterocycles. The van der Waals surface area contributed by atoms with E-state index >= 15 is 0 Å². The summed E-state index contributed by atoms with van der Waals surface area (Å²) >= 11 is 0. The molecule has 1 amide bonds. The first kappa shape index (κ1) is 16.4. The molecule has 120 valence electrons. The molecular weight excluding hydrogens is 276 g/mol. The van der Waals surface area contributed by atoms with Crippen LogP contribution in [0.2, 0.25) is 0 Å². The maximum atomic E-state index is 11.8. The quantitative estimate of drug-likeness (QED) is 0.818. The average molecular weight is 302 g/mol. The number of hydrogen-bond donors (Lipinski definition) is 2. The Labute approximate surface area is 132 Å². The van der Waals surface area contributed by atoms with Crippen LogP contribution >= 0.6 is 0 Å². The first-order valence-corrected chi connectivity index (χ1v) is 7.90. The lowest BCUT2D eigenvalue weighted by Gasteiger charge is -2.25. The Morgan fingerprint density at radius 2 is 2.14 bits per heavy atom. The molecule has 0 atom stereocenters. The van der Waals surface area contributed by atoms with Gasteiger partial charge in [0.25, 0.3) is 0 Å². The van der Waals surface area contributed by atoms with Crippen molar-refractivity contribution in [2.45, 2.75) is 45.4 Å². The largest absolute Gasteiger partial charge is 0.497 e. The second kappa shape index (κ2) is 6.86. The molecule has 1 aromatic carbocycles. The number of benzene rings is 1. The number of fused-ring (bicyclic) bond motifs is 1. The normalized spacial score (nSPS) is 11.6. The summed E-state index contributed by atoms with van der Waals surface area (Å²) < 4.78 is 5.32. The molecule has 1 heterocycles. The van der Waals surface area contributed by atoms with Gasteiger partial charge in [-0.15, -0.1) is 0 Å². The van der Waals surface area contributed by atoms with E-state index in [1.807, 2.05) is 24.4 Å². The lowest BCUT2D eigenvalue weighted by Crippen LogP contribution is -2.36. The molecule has 0 aliphatic heterocycles. The van der Waals surface area contributed by atoms with Crippen LogP contribution in [-0.2, 0) is 10.2 Å². The number of nitrogens with one attached hydrogen (secondary N) is 2. The molecule has 0 saturated heterocycles. The number of ether oxygens (including phenoxy) is 1. The Bertz CT molecular complexity index is 644. The minimum atomic E-state index is -0.146. The third-order valence-electron chi connectivity index (χ3n) is 4.10. The van der Waals surface area contributed by atoms with Gasteiger partial charge >= 0.3 is 0 Å². The van der Waals surface area contributed by atoms with E-state index < -0.39 is 0 Å². The topological polar surface area (TPSA) is 54.1 Å². The van der Waals surface area contributed by atoms with E-state index in [9.17, 15) is 4.79 Å². The summed E-state index contributed by atoms with van der Waals surface area (Å²) in [6.45, 7) is 7.01. The number of carbonyl (C=O) groups is 1. The standard InChI is InChI=1S/C18H26N2O2/c1-5-6-7-17(21)20-12-18(2,3)15-11-19-16-9-8-13(22-4)10-14(15)16/h8-11,19H,5-7,12H2,1-4H3,(H,20,21). The molecule has 0 aliphatic carbocycles. The van der Waals surface area contributed by atoms with Crippen molar-refractivity contribution in [1.82, 2.24) is 10.3 Å². The Morgan fingerprint density at radius 3 is 2.82 bits per heavy atom. The van der Waals surface area contributed by atoms with Gasteiger partial charge in [0.1, 0.15) is 5.75 Å². The van der Waals surface area contributed by atoms with Crippen molar-refractivity contribution in [3.05, 3.63) is 30.0 Å². The number of carbonyl (C=O) groups excluding carboxylic acids is 1. The second-order valence-corrected chi connectivity index (χ2v) is 6.38.